The van der Waals surface area contributed by atoms with Gasteiger partial charge in [-0.25, -0.2) is 9.38 Å². The summed E-state index contributed by atoms with van der Waals surface area (Å²) in [6, 6.07) is 5.08. The number of ether oxygens (including phenoxy) is 1. The number of halogens is 2. The number of rotatable bonds is 2. The first kappa shape index (κ1) is 11.6. The predicted octanol–water partition coefficient (Wildman–Crippen LogP) is 3.28. The van der Waals surface area contributed by atoms with Gasteiger partial charge in [-0.2, -0.15) is 0 Å². The van der Waals surface area contributed by atoms with Gasteiger partial charge >= 0.3 is 0 Å². The summed E-state index contributed by atoms with van der Waals surface area (Å²) >= 11 is 3.29. The Bertz CT molecular complexity index is 443. The molecule has 0 aromatic heterocycles. The lowest BCUT2D eigenvalue weighted by Crippen LogP contribution is -2.17. The minimum absolute atomic E-state index is 0.254. The minimum atomic E-state index is -0.284. The molecule has 0 N–H and O–H groups in total. The van der Waals surface area contributed by atoms with Crippen LogP contribution in [-0.4, -0.2) is 18.0 Å². The standard InChI is InChI=1S/C12H13BrFNO/c1-12(2)7-16-11(15-12)9-4-3-8(6-13)5-10(9)14/h3-5H,6-7H2,1-2H3. The lowest BCUT2D eigenvalue weighted by molar-refractivity contribution is 0.279. The Morgan fingerprint density at radius 3 is 2.75 bits per heavy atom. The molecule has 2 nitrogen and oxygen atoms in total. The van der Waals surface area contributed by atoms with Crippen LogP contribution in [-0.2, 0) is 10.1 Å². The third-order valence-corrected chi connectivity index (χ3v) is 3.03. The van der Waals surface area contributed by atoms with Gasteiger partial charge in [-0.05, 0) is 31.5 Å². The smallest absolute Gasteiger partial charge is 0.219 e. The monoisotopic (exact) mass is 285 g/mol. The highest BCUT2D eigenvalue weighted by Crippen LogP contribution is 2.22. The molecule has 2 rings (SSSR count). The highest BCUT2D eigenvalue weighted by molar-refractivity contribution is 9.08. The molecule has 0 fully saturated rings. The summed E-state index contributed by atoms with van der Waals surface area (Å²) in [5.41, 5.74) is 1.09. The van der Waals surface area contributed by atoms with Crippen LogP contribution in [0.5, 0.6) is 0 Å². The fourth-order valence-electron chi connectivity index (χ4n) is 1.54. The van der Waals surface area contributed by atoms with E-state index in [-0.39, 0.29) is 11.4 Å². The largest absolute Gasteiger partial charge is 0.475 e. The van der Waals surface area contributed by atoms with Gasteiger partial charge < -0.3 is 4.74 Å². The van der Waals surface area contributed by atoms with Crippen molar-refractivity contribution in [3.63, 3.8) is 0 Å². The van der Waals surface area contributed by atoms with Crippen molar-refractivity contribution < 1.29 is 9.13 Å². The zero-order chi connectivity index (χ0) is 11.8. The van der Waals surface area contributed by atoms with E-state index in [0.29, 0.717) is 23.4 Å². The van der Waals surface area contributed by atoms with Crippen LogP contribution in [0.25, 0.3) is 0 Å². The molecule has 0 amide bonds. The number of hydrogen-bond acceptors (Lipinski definition) is 2. The SMILES string of the molecule is CC1(C)COC(c2ccc(CBr)cc2F)=N1. The van der Waals surface area contributed by atoms with Crippen molar-refractivity contribution in [1.29, 1.82) is 0 Å². The first-order valence-electron chi connectivity index (χ1n) is 5.09. The van der Waals surface area contributed by atoms with E-state index in [1.54, 1.807) is 6.07 Å². The summed E-state index contributed by atoms with van der Waals surface area (Å²) in [6.45, 7) is 4.43. The van der Waals surface area contributed by atoms with Gasteiger partial charge in [0.05, 0.1) is 11.1 Å². The molecule has 1 heterocycles. The number of alkyl halides is 1. The molecular formula is C12H13BrFNO. The summed E-state index contributed by atoms with van der Waals surface area (Å²) in [6.07, 6.45) is 0. The summed E-state index contributed by atoms with van der Waals surface area (Å²) < 4.78 is 19.2. The molecular weight excluding hydrogens is 273 g/mol. The van der Waals surface area contributed by atoms with Crippen LogP contribution in [0.15, 0.2) is 23.2 Å². The second-order valence-corrected chi connectivity index (χ2v) is 5.03. The molecule has 0 radical (unpaired) electrons. The third kappa shape index (κ3) is 2.26. The molecule has 16 heavy (non-hydrogen) atoms. The van der Waals surface area contributed by atoms with E-state index < -0.39 is 0 Å². The van der Waals surface area contributed by atoms with Gasteiger partial charge in [-0.3, -0.25) is 0 Å². The second-order valence-electron chi connectivity index (χ2n) is 4.47. The first-order valence-corrected chi connectivity index (χ1v) is 6.21. The Hall–Kier alpha value is -0.900. The average Bonchev–Trinajstić information content (AvgIpc) is 2.58. The number of hydrogen-bond donors (Lipinski definition) is 0. The Morgan fingerprint density at radius 2 is 2.25 bits per heavy atom. The first-order chi connectivity index (χ1) is 7.52. The molecule has 0 saturated heterocycles. The van der Waals surface area contributed by atoms with Gasteiger partial charge in [-0.1, -0.05) is 22.0 Å². The fraction of sp³-hybridized carbons (Fsp3) is 0.417. The number of benzene rings is 1. The highest BCUT2D eigenvalue weighted by atomic mass is 79.9. The van der Waals surface area contributed by atoms with E-state index in [0.717, 1.165) is 5.56 Å². The van der Waals surface area contributed by atoms with Gasteiger partial charge in [0.15, 0.2) is 0 Å². The molecule has 1 aromatic carbocycles. The molecule has 0 aliphatic carbocycles. The van der Waals surface area contributed by atoms with Gasteiger partial charge in [0.25, 0.3) is 0 Å². The average molecular weight is 286 g/mol. The maximum absolute atomic E-state index is 13.8. The quantitative estimate of drug-likeness (QED) is 0.765. The van der Waals surface area contributed by atoms with Crippen molar-refractivity contribution >= 4 is 21.8 Å². The van der Waals surface area contributed by atoms with Crippen molar-refractivity contribution in [3.05, 3.63) is 35.1 Å². The van der Waals surface area contributed by atoms with Crippen LogP contribution in [0.3, 0.4) is 0 Å². The number of nitrogens with zero attached hydrogens (tertiary/aromatic N) is 1. The molecule has 0 bridgehead atoms. The zero-order valence-electron chi connectivity index (χ0n) is 9.26. The molecule has 1 aliphatic rings. The Morgan fingerprint density at radius 1 is 1.50 bits per heavy atom. The van der Waals surface area contributed by atoms with Crippen molar-refractivity contribution in [2.45, 2.75) is 24.7 Å². The van der Waals surface area contributed by atoms with Gasteiger partial charge in [0.2, 0.25) is 5.90 Å². The van der Waals surface area contributed by atoms with Crippen LogP contribution in [0, 0.1) is 5.82 Å². The normalized spacial score (nSPS) is 18.1. The Labute approximate surface area is 103 Å². The van der Waals surface area contributed by atoms with Gasteiger partial charge in [0.1, 0.15) is 12.4 Å². The van der Waals surface area contributed by atoms with E-state index in [2.05, 4.69) is 20.9 Å². The molecule has 0 saturated carbocycles. The Kier molecular flexibility index (Phi) is 3.02. The van der Waals surface area contributed by atoms with E-state index in [1.165, 1.54) is 6.07 Å². The van der Waals surface area contributed by atoms with E-state index in [4.69, 9.17) is 4.74 Å². The van der Waals surface area contributed by atoms with Crippen LogP contribution in [0.2, 0.25) is 0 Å². The summed E-state index contributed by atoms with van der Waals surface area (Å²) in [7, 11) is 0. The Balaban J connectivity index is 2.35. The molecule has 1 aliphatic heterocycles. The number of aliphatic imine (C=N–C) groups is 1. The van der Waals surface area contributed by atoms with E-state index >= 15 is 0 Å². The molecule has 0 atom stereocenters. The lowest BCUT2D eigenvalue weighted by atomic mass is 10.1. The van der Waals surface area contributed by atoms with Crippen molar-refractivity contribution in [1.82, 2.24) is 0 Å². The molecule has 0 spiro atoms. The van der Waals surface area contributed by atoms with Gasteiger partial charge in [-0.15, -0.1) is 0 Å². The minimum Gasteiger partial charge on any atom is -0.475 e. The van der Waals surface area contributed by atoms with Gasteiger partial charge in [0, 0.05) is 5.33 Å². The summed E-state index contributed by atoms with van der Waals surface area (Å²) in [5, 5.41) is 0.642. The van der Waals surface area contributed by atoms with Crippen LogP contribution >= 0.6 is 15.9 Å². The summed E-state index contributed by atoms with van der Waals surface area (Å²) in [4.78, 5) is 4.35. The molecule has 0 unspecified atom stereocenters. The van der Waals surface area contributed by atoms with Crippen molar-refractivity contribution in [2.75, 3.05) is 6.61 Å². The predicted molar refractivity (Wildman–Crippen MR) is 65.6 cm³/mol. The fourth-order valence-corrected chi connectivity index (χ4v) is 1.89. The van der Waals surface area contributed by atoms with Crippen LogP contribution < -0.4 is 0 Å². The maximum Gasteiger partial charge on any atom is 0.219 e. The summed E-state index contributed by atoms with van der Waals surface area (Å²) in [5.74, 6) is 0.122. The topological polar surface area (TPSA) is 21.6 Å². The highest BCUT2D eigenvalue weighted by Gasteiger charge is 2.28. The second kappa shape index (κ2) is 4.17. The molecule has 1 aromatic rings. The van der Waals surface area contributed by atoms with Crippen molar-refractivity contribution in [3.8, 4) is 0 Å². The molecule has 86 valence electrons. The maximum atomic E-state index is 13.8. The van der Waals surface area contributed by atoms with Crippen LogP contribution in [0.1, 0.15) is 25.0 Å². The molecule has 4 heteroatoms. The lowest BCUT2D eigenvalue weighted by Gasteiger charge is -2.07. The third-order valence-electron chi connectivity index (χ3n) is 2.38. The van der Waals surface area contributed by atoms with Crippen LogP contribution in [0.4, 0.5) is 4.39 Å². The zero-order valence-corrected chi connectivity index (χ0v) is 10.8. The van der Waals surface area contributed by atoms with E-state index in [9.17, 15) is 4.39 Å². The van der Waals surface area contributed by atoms with Crippen molar-refractivity contribution in [2.24, 2.45) is 4.99 Å². The van der Waals surface area contributed by atoms with E-state index in [1.807, 2.05) is 19.9 Å².